The van der Waals surface area contributed by atoms with Gasteiger partial charge in [0, 0.05) is 26.2 Å². The molecule has 1 aliphatic heterocycles. The Balaban J connectivity index is 2.10. The minimum atomic E-state index is 0.00196. The number of ether oxygens (including phenoxy) is 2. The van der Waals surface area contributed by atoms with Crippen LogP contribution in [0.1, 0.15) is 12.0 Å². The number of nitrogens with zero attached hydrogens (tertiary/aromatic N) is 1. The molecule has 0 aromatic heterocycles. The van der Waals surface area contributed by atoms with Crippen molar-refractivity contribution >= 4 is 11.6 Å². The first-order chi connectivity index (χ1) is 8.70. The molecule has 18 heavy (non-hydrogen) atoms. The van der Waals surface area contributed by atoms with Crippen LogP contribution >= 0.6 is 11.6 Å². The van der Waals surface area contributed by atoms with Crippen molar-refractivity contribution in [3.63, 3.8) is 0 Å². The lowest BCUT2D eigenvalue weighted by Gasteiger charge is -2.19. The van der Waals surface area contributed by atoms with E-state index in [4.69, 9.17) is 21.1 Å². The third kappa shape index (κ3) is 3.28. The smallest absolute Gasteiger partial charge is 0.176 e. The Morgan fingerprint density at radius 3 is 3.00 bits per heavy atom. The largest absolute Gasteiger partial charge is 0.503 e. The molecule has 0 atom stereocenters. The second-order valence-electron chi connectivity index (χ2n) is 4.37. The molecule has 0 saturated carbocycles. The molecule has 1 aromatic rings. The average Bonchev–Trinajstić information content (AvgIpc) is 2.62. The fraction of sp³-hybridized carbons (Fsp3) is 0.538. The molecule has 0 unspecified atom stereocenters. The van der Waals surface area contributed by atoms with Crippen molar-refractivity contribution in [1.82, 2.24) is 4.90 Å². The van der Waals surface area contributed by atoms with Gasteiger partial charge in [-0.15, -0.1) is 0 Å². The van der Waals surface area contributed by atoms with Crippen LogP contribution in [0.15, 0.2) is 12.1 Å². The Kier molecular flexibility index (Phi) is 4.69. The van der Waals surface area contributed by atoms with E-state index in [9.17, 15) is 5.11 Å². The monoisotopic (exact) mass is 271 g/mol. The molecule has 1 saturated heterocycles. The van der Waals surface area contributed by atoms with Crippen molar-refractivity contribution in [2.45, 2.75) is 13.0 Å². The van der Waals surface area contributed by atoms with Gasteiger partial charge in [0.1, 0.15) is 0 Å². The van der Waals surface area contributed by atoms with E-state index < -0.39 is 0 Å². The summed E-state index contributed by atoms with van der Waals surface area (Å²) >= 11 is 5.97. The van der Waals surface area contributed by atoms with Gasteiger partial charge in [-0.2, -0.15) is 0 Å². The van der Waals surface area contributed by atoms with Gasteiger partial charge in [-0.1, -0.05) is 11.6 Å². The molecule has 5 heteroatoms. The summed E-state index contributed by atoms with van der Waals surface area (Å²) in [5.74, 6) is 0.422. The molecule has 0 bridgehead atoms. The van der Waals surface area contributed by atoms with Crippen LogP contribution in [0.3, 0.4) is 0 Å². The quantitative estimate of drug-likeness (QED) is 0.916. The van der Waals surface area contributed by atoms with E-state index in [1.54, 1.807) is 6.07 Å². The molecule has 0 spiro atoms. The maximum atomic E-state index is 9.68. The molecular formula is C13H18ClNO3. The van der Waals surface area contributed by atoms with Gasteiger partial charge in [0.25, 0.3) is 0 Å². The average molecular weight is 272 g/mol. The summed E-state index contributed by atoms with van der Waals surface area (Å²) in [6.07, 6.45) is 1.04. The molecule has 0 aliphatic carbocycles. The molecule has 100 valence electrons. The second-order valence-corrected chi connectivity index (χ2v) is 4.78. The predicted molar refractivity (Wildman–Crippen MR) is 70.4 cm³/mol. The summed E-state index contributed by atoms with van der Waals surface area (Å²) in [4.78, 5) is 2.31. The Bertz CT molecular complexity index is 403. The van der Waals surface area contributed by atoms with E-state index >= 15 is 0 Å². The third-order valence-corrected chi connectivity index (χ3v) is 3.32. The highest BCUT2D eigenvalue weighted by atomic mass is 35.5. The lowest BCUT2D eigenvalue weighted by molar-refractivity contribution is 0.140. The van der Waals surface area contributed by atoms with E-state index in [0.29, 0.717) is 10.8 Å². The van der Waals surface area contributed by atoms with E-state index in [1.165, 1.54) is 7.11 Å². The zero-order chi connectivity index (χ0) is 13.0. The molecule has 0 radical (unpaired) electrons. The molecule has 0 amide bonds. The minimum Gasteiger partial charge on any atom is -0.503 e. The van der Waals surface area contributed by atoms with E-state index in [-0.39, 0.29) is 5.75 Å². The highest BCUT2D eigenvalue weighted by molar-refractivity contribution is 6.32. The number of aromatic hydroxyl groups is 1. The van der Waals surface area contributed by atoms with Gasteiger partial charge in [0.2, 0.25) is 0 Å². The summed E-state index contributed by atoms with van der Waals surface area (Å²) in [6, 6.07) is 3.61. The Morgan fingerprint density at radius 2 is 2.22 bits per heavy atom. The number of rotatable bonds is 3. The highest BCUT2D eigenvalue weighted by Gasteiger charge is 2.13. The van der Waals surface area contributed by atoms with Gasteiger partial charge in [0.15, 0.2) is 11.5 Å². The second kappa shape index (κ2) is 6.27. The van der Waals surface area contributed by atoms with Crippen LogP contribution < -0.4 is 4.74 Å². The van der Waals surface area contributed by atoms with Crippen LogP contribution in [0.2, 0.25) is 5.02 Å². The van der Waals surface area contributed by atoms with Crippen molar-refractivity contribution in [3.05, 3.63) is 22.7 Å². The molecule has 1 aromatic carbocycles. The van der Waals surface area contributed by atoms with Crippen LogP contribution in [0.25, 0.3) is 0 Å². The van der Waals surface area contributed by atoms with Gasteiger partial charge in [-0.05, 0) is 24.1 Å². The summed E-state index contributed by atoms with van der Waals surface area (Å²) in [5.41, 5.74) is 1.04. The first kappa shape index (κ1) is 13.5. The highest BCUT2D eigenvalue weighted by Crippen LogP contribution is 2.35. The summed E-state index contributed by atoms with van der Waals surface area (Å²) in [7, 11) is 1.52. The lowest BCUT2D eigenvalue weighted by Crippen LogP contribution is -2.25. The van der Waals surface area contributed by atoms with Gasteiger partial charge in [-0.3, -0.25) is 4.90 Å². The molecule has 1 aliphatic rings. The standard InChI is InChI=1S/C13H18ClNO3/c1-17-12-8-10(7-11(14)13(12)16)9-15-3-2-5-18-6-4-15/h7-8,16H,2-6,9H2,1H3. The number of halogens is 1. The van der Waals surface area contributed by atoms with Crippen LogP contribution in [-0.2, 0) is 11.3 Å². The van der Waals surface area contributed by atoms with Crippen LogP contribution in [0, 0.1) is 0 Å². The van der Waals surface area contributed by atoms with Crippen molar-refractivity contribution in [1.29, 1.82) is 0 Å². The maximum absolute atomic E-state index is 9.68. The van der Waals surface area contributed by atoms with Gasteiger partial charge < -0.3 is 14.6 Å². The molecule has 1 heterocycles. The molecule has 1 N–H and O–H groups in total. The first-order valence-electron chi connectivity index (χ1n) is 6.06. The van der Waals surface area contributed by atoms with Crippen LogP contribution in [0.4, 0.5) is 0 Å². The first-order valence-corrected chi connectivity index (χ1v) is 6.44. The predicted octanol–water partition coefficient (Wildman–Crippen LogP) is 2.28. The number of phenols is 1. The molecular weight excluding hydrogens is 254 g/mol. The lowest BCUT2D eigenvalue weighted by atomic mass is 10.2. The van der Waals surface area contributed by atoms with Gasteiger partial charge in [-0.25, -0.2) is 0 Å². The minimum absolute atomic E-state index is 0.00196. The molecule has 2 rings (SSSR count). The number of methoxy groups -OCH3 is 1. The number of hydrogen-bond acceptors (Lipinski definition) is 4. The van der Waals surface area contributed by atoms with Crippen LogP contribution in [-0.4, -0.2) is 43.4 Å². The van der Waals surface area contributed by atoms with E-state index in [1.807, 2.05) is 6.07 Å². The Morgan fingerprint density at radius 1 is 1.39 bits per heavy atom. The van der Waals surface area contributed by atoms with E-state index in [2.05, 4.69) is 4.90 Å². The van der Waals surface area contributed by atoms with Gasteiger partial charge in [0.05, 0.1) is 18.7 Å². The van der Waals surface area contributed by atoms with Crippen molar-refractivity contribution in [2.24, 2.45) is 0 Å². The normalized spacial score (nSPS) is 17.4. The van der Waals surface area contributed by atoms with Crippen molar-refractivity contribution < 1.29 is 14.6 Å². The Hall–Kier alpha value is -0.970. The zero-order valence-electron chi connectivity index (χ0n) is 10.5. The van der Waals surface area contributed by atoms with E-state index in [0.717, 1.165) is 44.8 Å². The fourth-order valence-electron chi connectivity index (χ4n) is 2.09. The third-order valence-electron chi connectivity index (χ3n) is 3.03. The molecule has 1 fully saturated rings. The molecule has 4 nitrogen and oxygen atoms in total. The number of benzene rings is 1. The SMILES string of the molecule is COc1cc(CN2CCCOCC2)cc(Cl)c1O. The van der Waals surface area contributed by atoms with Gasteiger partial charge >= 0.3 is 0 Å². The zero-order valence-corrected chi connectivity index (χ0v) is 11.2. The topological polar surface area (TPSA) is 41.9 Å². The van der Waals surface area contributed by atoms with Crippen LogP contribution in [0.5, 0.6) is 11.5 Å². The van der Waals surface area contributed by atoms with Crippen molar-refractivity contribution in [3.8, 4) is 11.5 Å². The summed E-state index contributed by atoms with van der Waals surface area (Å²) < 4.78 is 10.5. The van der Waals surface area contributed by atoms with Crippen molar-refractivity contribution in [2.75, 3.05) is 33.4 Å². The maximum Gasteiger partial charge on any atom is 0.176 e. The number of hydrogen-bond donors (Lipinski definition) is 1. The number of phenolic OH excluding ortho intramolecular Hbond substituents is 1. The summed E-state index contributed by atoms with van der Waals surface area (Å²) in [5, 5.41) is 10.0. The summed E-state index contributed by atoms with van der Waals surface area (Å²) in [6.45, 7) is 4.32. The fourth-order valence-corrected chi connectivity index (χ4v) is 2.32. The Labute approximate surface area is 112 Å².